The Morgan fingerprint density at radius 3 is 1.90 bits per heavy atom. The fourth-order valence-corrected chi connectivity index (χ4v) is 2.80. The summed E-state index contributed by atoms with van der Waals surface area (Å²) in [5, 5.41) is 8.06. The van der Waals surface area contributed by atoms with Crippen molar-refractivity contribution in [3.05, 3.63) is 66.9 Å². The Morgan fingerprint density at radius 2 is 1.33 bits per heavy atom. The minimum atomic E-state index is 0.385. The van der Waals surface area contributed by atoms with E-state index in [1.54, 1.807) is 14.2 Å². The summed E-state index contributed by atoms with van der Waals surface area (Å²) in [6.45, 7) is 4.04. The monoisotopic (exact) mass is 404 g/mol. The third kappa shape index (κ3) is 4.22. The van der Waals surface area contributed by atoms with Crippen LogP contribution in [0.15, 0.2) is 64.2 Å². The van der Waals surface area contributed by atoms with Crippen LogP contribution in [0.1, 0.15) is 18.2 Å². The van der Waals surface area contributed by atoms with Crippen LogP contribution >= 0.6 is 0 Å². The molecule has 0 aliphatic heterocycles. The van der Waals surface area contributed by atoms with Gasteiger partial charge in [-0.3, -0.25) is 0 Å². The lowest BCUT2D eigenvalue weighted by Crippen LogP contribution is -1.90. The number of hydrogen-bond acceptors (Lipinski definition) is 8. The number of methoxy groups -OCH3 is 2. The summed E-state index contributed by atoms with van der Waals surface area (Å²) in [7, 11) is 3.24. The number of benzene rings is 2. The molecule has 0 aliphatic carbocycles. The molecule has 0 N–H and O–H groups in total. The highest BCUT2D eigenvalue weighted by atomic mass is 16.5. The molecule has 0 saturated carbocycles. The van der Waals surface area contributed by atoms with Crippen molar-refractivity contribution < 1.29 is 18.5 Å². The van der Waals surface area contributed by atoms with Gasteiger partial charge in [0.15, 0.2) is 0 Å². The highest BCUT2D eigenvalue weighted by molar-refractivity contribution is 5.61. The molecule has 4 rings (SSSR count). The van der Waals surface area contributed by atoms with Crippen molar-refractivity contribution in [1.29, 1.82) is 0 Å². The molecule has 0 saturated heterocycles. The first kappa shape index (κ1) is 19.4. The van der Waals surface area contributed by atoms with Crippen LogP contribution < -0.4 is 9.47 Å². The molecule has 0 unspecified atom stereocenters. The van der Waals surface area contributed by atoms with E-state index in [1.165, 1.54) is 0 Å². The van der Waals surface area contributed by atoms with Crippen molar-refractivity contribution in [1.82, 2.24) is 20.3 Å². The first-order valence-corrected chi connectivity index (χ1v) is 9.29. The summed E-state index contributed by atoms with van der Waals surface area (Å²) in [6, 6.07) is 14.9. The van der Waals surface area contributed by atoms with Crippen LogP contribution in [-0.4, -0.2) is 34.5 Å². The number of allylic oxidation sites excluding steroid dienone is 1. The maximum absolute atomic E-state index is 5.35. The van der Waals surface area contributed by atoms with Crippen LogP contribution in [0.5, 0.6) is 11.5 Å². The third-order valence-corrected chi connectivity index (χ3v) is 4.53. The summed E-state index contributed by atoms with van der Waals surface area (Å²) < 4.78 is 21.0. The first-order chi connectivity index (χ1) is 14.7. The lowest BCUT2D eigenvalue weighted by atomic mass is 10.1. The predicted octanol–water partition coefficient (Wildman–Crippen LogP) is 4.45. The van der Waals surface area contributed by atoms with E-state index < -0.39 is 0 Å². The van der Waals surface area contributed by atoms with E-state index in [9.17, 15) is 0 Å². The molecule has 152 valence electrons. The lowest BCUT2D eigenvalue weighted by Gasteiger charge is -1.99. The van der Waals surface area contributed by atoms with Gasteiger partial charge < -0.3 is 18.5 Å². The van der Waals surface area contributed by atoms with E-state index in [2.05, 4.69) is 26.9 Å². The molecule has 2 heterocycles. The molecular formula is C22H20N4O4. The maximum atomic E-state index is 5.35. The molecule has 2 aromatic heterocycles. The van der Waals surface area contributed by atoms with Crippen molar-refractivity contribution in [2.24, 2.45) is 0 Å². The Morgan fingerprint density at radius 1 is 0.800 bits per heavy atom. The number of ether oxygens (including phenoxy) is 2. The molecule has 0 amide bonds. The number of aryl methyl sites for hydroxylation is 1. The van der Waals surface area contributed by atoms with Crippen molar-refractivity contribution in [2.75, 3.05) is 14.2 Å². The Bertz CT molecular complexity index is 1130. The van der Waals surface area contributed by atoms with E-state index in [0.717, 1.165) is 22.6 Å². The van der Waals surface area contributed by atoms with Crippen molar-refractivity contribution in [3.8, 4) is 34.3 Å². The van der Waals surface area contributed by atoms with Gasteiger partial charge in [-0.2, -0.15) is 9.97 Å². The van der Waals surface area contributed by atoms with Gasteiger partial charge in [-0.1, -0.05) is 16.9 Å². The summed E-state index contributed by atoms with van der Waals surface area (Å²) in [4.78, 5) is 8.85. The quantitative estimate of drug-likeness (QED) is 0.425. The fourth-order valence-electron chi connectivity index (χ4n) is 2.80. The van der Waals surface area contributed by atoms with E-state index in [-0.39, 0.29) is 0 Å². The van der Waals surface area contributed by atoms with Gasteiger partial charge in [0.1, 0.15) is 11.5 Å². The maximum Gasteiger partial charge on any atom is 0.253 e. The van der Waals surface area contributed by atoms with Crippen LogP contribution in [0.3, 0.4) is 0 Å². The molecule has 0 radical (unpaired) electrons. The first-order valence-electron chi connectivity index (χ1n) is 9.29. The van der Waals surface area contributed by atoms with E-state index in [4.69, 9.17) is 18.5 Å². The van der Waals surface area contributed by atoms with Gasteiger partial charge in [0, 0.05) is 23.1 Å². The molecule has 8 nitrogen and oxygen atoms in total. The molecule has 0 fully saturated rings. The van der Waals surface area contributed by atoms with E-state index in [1.807, 2.05) is 48.5 Å². The van der Waals surface area contributed by atoms with Gasteiger partial charge in [0.05, 0.1) is 14.2 Å². The number of nitrogens with zero attached hydrogens (tertiary/aromatic N) is 4. The molecular weight excluding hydrogens is 384 g/mol. The van der Waals surface area contributed by atoms with E-state index in [0.29, 0.717) is 41.8 Å². The standard InChI is InChI=1S/C22H20N4O4/c1-14(22-24-21(26-30-22)16-7-11-18(28-3)12-8-16)4-13-19-23-20(25-29-19)15-5-9-17(27-2)10-6-15/h5-12H,1,4,13H2,2-3H3. The zero-order valence-electron chi connectivity index (χ0n) is 16.7. The van der Waals surface area contributed by atoms with Crippen molar-refractivity contribution >= 4 is 5.57 Å². The second-order valence-corrected chi connectivity index (χ2v) is 6.50. The van der Waals surface area contributed by atoms with Crippen LogP contribution in [0.2, 0.25) is 0 Å². The summed E-state index contributed by atoms with van der Waals surface area (Å²) >= 11 is 0. The van der Waals surface area contributed by atoms with Crippen molar-refractivity contribution in [3.63, 3.8) is 0 Å². The van der Waals surface area contributed by atoms with Gasteiger partial charge in [-0.05, 0) is 55.0 Å². The zero-order chi connectivity index (χ0) is 20.9. The topological polar surface area (TPSA) is 96.3 Å². The largest absolute Gasteiger partial charge is 0.497 e. The third-order valence-electron chi connectivity index (χ3n) is 4.53. The van der Waals surface area contributed by atoms with Gasteiger partial charge in [0.2, 0.25) is 17.5 Å². The number of hydrogen-bond donors (Lipinski definition) is 0. The smallest absolute Gasteiger partial charge is 0.253 e. The number of aromatic nitrogens is 4. The number of rotatable bonds is 8. The second kappa shape index (κ2) is 8.60. The molecule has 4 aromatic rings. The molecule has 30 heavy (non-hydrogen) atoms. The second-order valence-electron chi connectivity index (χ2n) is 6.50. The summed E-state index contributed by atoms with van der Waals surface area (Å²) in [6.07, 6.45) is 1.07. The Hall–Kier alpha value is -3.94. The minimum Gasteiger partial charge on any atom is -0.497 e. The fraction of sp³-hybridized carbons (Fsp3) is 0.182. The molecule has 0 spiro atoms. The Balaban J connectivity index is 1.38. The highest BCUT2D eigenvalue weighted by Crippen LogP contribution is 2.24. The summed E-state index contributed by atoms with van der Waals surface area (Å²) in [5.41, 5.74) is 2.39. The molecule has 0 aliphatic rings. The minimum absolute atomic E-state index is 0.385. The van der Waals surface area contributed by atoms with E-state index >= 15 is 0 Å². The Kier molecular flexibility index (Phi) is 5.56. The predicted molar refractivity (Wildman–Crippen MR) is 110 cm³/mol. The summed E-state index contributed by atoms with van der Waals surface area (Å²) in [5.74, 6) is 3.45. The van der Waals surface area contributed by atoms with Gasteiger partial charge in [-0.25, -0.2) is 0 Å². The van der Waals surface area contributed by atoms with Crippen molar-refractivity contribution in [2.45, 2.75) is 12.8 Å². The molecule has 8 heteroatoms. The molecule has 2 aromatic carbocycles. The van der Waals surface area contributed by atoms with Crippen LogP contribution in [0.4, 0.5) is 0 Å². The highest BCUT2D eigenvalue weighted by Gasteiger charge is 2.14. The van der Waals surface area contributed by atoms with Gasteiger partial charge >= 0.3 is 0 Å². The van der Waals surface area contributed by atoms with Gasteiger partial charge in [-0.15, -0.1) is 0 Å². The van der Waals surface area contributed by atoms with Crippen LogP contribution in [0.25, 0.3) is 28.3 Å². The lowest BCUT2D eigenvalue weighted by molar-refractivity contribution is 0.378. The average molecular weight is 404 g/mol. The van der Waals surface area contributed by atoms with Crippen LogP contribution in [-0.2, 0) is 6.42 Å². The average Bonchev–Trinajstić information content (AvgIpc) is 3.48. The normalized spacial score (nSPS) is 10.7. The zero-order valence-corrected chi connectivity index (χ0v) is 16.7. The SMILES string of the molecule is C=C(CCc1nc(-c2ccc(OC)cc2)no1)c1nc(-c2ccc(OC)cc2)no1. The molecule has 0 atom stereocenters. The Labute approximate surface area is 173 Å². The van der Waals surface area contributed by atoms with Gasteiger partial charge in [0.25, 0.3) is 5.89 Å². The molecule has 0 bridgehead atoms. The van der Waals surface area contributed by atoms with Crippen LogP contribution in [0, 0.1) is 0 Å².